The number of carbonyl (C=O) groups is 2. The maximum absolute atomic E-state index is 11.4. The average Bonchev–Trinajstić information content (AvgIpc) is 1.96. The van der Waals surface area contributed by atoms with E-state index in [4.69, 9.17) is 5.11 Å². The molecular weight excluding hydrogens is 182 g/mol. The van der Waals surface area contributed by atoms with Gasteiger partial charge in [0, 0.05) is 18.4 Å². The summed E-state index contributed by atoms with van der Waals surface area (Å²) in [5, 5.41) is 11.2. The Hall–Kier alpha value is -1.06. The van der Waals surface area contributed by atoms with Crippen molar-refractivity contribution in [2.75, 3.05) is 6.54 Å². The lowest BCUT2D eigenvalue weighted by molar-refractivity contribution is -0.138. The molecule has 1 atom stereocenters. The van der Waals surface area contributed by atoms with E-state index < -0.39 is 11.4 Å². The van der Waals surface area contributed by atoms with Crippen LogP contribution in [0.4, 0.5) is 0 Å². The second-order valence-corrected chi connectivity index (χ2v) is 4.66. The van der Waals surface area contributed by atoms with E-state index in [1.165, 1.54) is 0 Å². The van der Waals surface area contributed by atoms with E-state index in [9.17, 15) is 9.59 Å². The third kappa shape index (κ3) is 5.56. The highest BCUT2D eigenvalue weighted by Gasteiger charge is 2.21. The van der Waals surface area contributed by atoms with Crippen LogP contribution in [0.25, 0.3) is 0 Å². The number of aliphatic carboxylic acids is 1. The Kier molecular flexibility index (Phi) is 4.60. The van der Waals surface area contributed by atoms with Crippen molar-refractivity contribution < 1.29 is 14.7 Å². The molecule has 4 heteroatoms. The van der Waals surface area contributed by atoms with Crippen molar-refractivity contribution in [1.82, 2.24) is 5.32 Å². The minimum Gasteiger partial charge on any atom is -0.481 e. The van der Waals surface area contributed by atoms with E-state index in [1.54, 1.807) is 6.92 Å². The van der Waals surface area contributed by atoms with E-state index in [2.05, 4.69) is 5.32 Å². The molecule has 14 heavy (non-hydrogen) atoms. The summed E-state index contributed by atoms with van der Waals surface area (Å²) in [7, 11) is 0. The topological polar surface area (TPSA) is 66.4 Å². The summed E-state index contributed by atoms with van der Waals surface area (Å²) in [6.07, 6.45) is 0.0877. The third-order valence-corrected chi connectivity index (χ3v) is 1.82. The number of hydrogen-bond acceptors (Lipinski definition) is 2. The monoisotopic (exact) mass is 201 g/mol. The van der Waals surface area contributed by atoms with Gasteiger partial charge in [0.25, 0.3) is 0 Å². The van der Waals surface area contributed by atoms with Crippen LogP contribution < -0.4 is 5.32 Å². The molecule has 2 N–H and O–H groups in total. The molecule has 0 radical (unpaired) electrons. The summed E-state index contributed by atoms with van der Waals surface area (Å²) in [5.74, 6) is -0.906. The zero-order valence-electron chi connectivity index (χ0n) is 9.26. The van der Waals surface area contributed by atoms with Crippen molar-refractivity contribution in [2.45, 2.75) is 34.1 Å². The Morgan fingerprint density at radius 2 is 1.86 bits per heavy atom. The van der Waals surface area contributed by atoms with Gasteiger partial charge >= 0.3 is 5.97 Å². The summed E-state index contributed by atoms with van der Waals surface area (Å²) in [6, 6.07) is 0. The van der Waals surface area contributed by atoms with Crippen LogP contribution in [0.15, 0.2) is 0 Å². The van der Waals surface area contributed by atoms with Crippen LogP contribution in [0.3, 0.4) is 0 Å². The SMILES string of the molecule is CC(CNC(=O)C(C)(C)C)CC(=O)O. The normalized spacial score (nSPS) is 13.4. The number of carboxylic acid groups (broad SMARTS) is 1. The highest BCUT2D eigenvalue weighted by Crippen LogP contribution is 2.12. The largest absolute Gasteiger partial charge is 0.481 e. The summed E-state index contributed by atoms with van der Waals surface area (Å²) in [6.45, 7) is 7.69. The lowest BCUT2D eigenvalue weighted by Gasteiger charge is -2.19. The molecular formula is C10H19NO3. The Morgan fingerprint density at radius 1 is 1.36 bits per heavy atom. The molecule has 0 rings (SSSR count). The van der Waals surface area contributed by atoms with E-state index in [0.717, 1.165) is 0 Å². The van der Waals surface area contributed by atoms with Gasteiger partial charge in [0.15, 0.2) is 0 Å². The molecule has 0 aliphatic heterocycles. The van der Waals surface area contributed by atoms with Gasteiger partial charge in [-0.2, -0.15) is 0 Å². The molecule has 0 aromatic carbocycles. The van der Waals surface area contributed by atoms with Crippen LogP contribution in [0.2, 0.25) is 0 Å². The third-order valence-electron chi connectivity index (χ3n) is 1.82. The number of amides is 1. The quantitative estimate of drug-likeness (QED) is 0.719. The first-order valence-corrected chi connectivity index (χ1v) is 4.73. The van der Waals surface area contributed by atoms with Crippen LogP contribution >= 0.6 is 0 Å². The van der Waals surface area contributed by atoms with E-state index in [0.29, 0.717) is 6.54 Å². The smallest absolute Gasteiger partial charge is 0.303 e. The predicted octanol–water partition coefficient (Wildman–Crippen LogP) is 1.26. The van der Waals surface area contributed by atoms with Gasteiger partial charge in [0.05, 0.1) is 0 Å². The van der Waals surface area contributed by atoms with Crippen molar-refractivity contribution in [3.8, 4) is 0 Å². The van der Waals surface area contributed by atoms with Gasteiger partial charge in [-0.25, -0.2) is 0 Å². The molecule has 1 unspecified atom stereocenters. The highest BCUT2D eigenvalue weighted by atomic mass is 16.4. The molecule has 0 heterocycles. The second kappa shape index (κ2) is 4.98. The first kappa shape index (κ1) is 12.9. The molecule has 0 aliphatic rings. The molecule has 0 spiro atoms. The van der Waals surface area contributed by atoms with Gasteiger partial charge in [-0.05, 0) is 5.92 Å². The van der Waals surface area contributed by atoms with Crippen molar-refractivity contribution in [2.24, 2.45) is 11.3 Å². The fraction of sp³-hybridized carbons (Fsp3) is 0.800. The van der Waals surface area contributed by atoms with E-state index in [-0.39, 0.29) is 18.2 Å². The maximum atomic E-state index is 11.4. The minimum absolute atomic E-state index is 0.0289. The van der Waals surface area contributed by atoms with Crippen molar-refractivity contribution >= 4 is 11.9 Å². The molecule has 1 amide bonds. The molecule has 0 saturated heterocycles. The molecule has 0 aromatic rings. The Labute approximate surface area is 84.7 Å². The average molecular weight is 201 g/mol. The summed E-state index contributed by atoms with van der Waals surface area (Å²) in [5.41, 5.74) is -0.414. The van der Waals surface area contributed by atoms with Gasteiger partial charge in [0.2, 0.25) is 5.91 Å². The molecule has 0 bridgehead atoms. The Balaban J connectivity index is 3.84. The fourth-order valence-electron chi connectivity index (χ4n) is 0.902. The zero-order valence-corrected chi connectivity index (χ0v) is 9.26. The van der Waals surface area contributed by atoms with Crippen LogP contribution in [0.1, 0.15) is 34.1 Å². The molecule has 4 nitrogen and oxygen atoms in total. The number of rotatable bonds is 4. The van der Waals surface area contributed by atoms with Crippen LogP contribution in [-0.4, -0.2) is 23.5 Å². The Morgan fingerprint density at radius 3 is 2.21 bits per heavy atom. The van der Waals surface area contributed by atoms with Gasteiger partial charge in [-0.3, -0.25) is 9.59 Å². The first-order chi connectivity index (χ1) is 6.23. The van der Waals surface area contributed by atoms with Gasteiger partial charge in [-0.1, -0.05) is 27.7 Å². The first-order valence-electron chi connectivity index (χ1n) is 4.73. The van der Waals surface area contributed by atoms with Crippen molar-refractivity contribution in [3.63, 3.8) is 0 Å². The summed E-state index contributed by atoms with van der Waals surface area (Å²) >= 11 is 0. The van der Waals surface area contributed by atoms with Gasteiger partial charge in [-0.15, -0.1) is 0 Å². The van der Waals surface area contributed by atoms with Gasteiger partial charge in [0.1, 0.15) is 0 Å². The van der Waals surface area contributed by atoms with Crippen molar-refractivity contribution in [1.29, 1.82) is 0 Å². The predicted molar refractivity (Wildman–Crippen MR) is 53.9 cm³/mol. The van der Waals surface area contributed by atoms with E-state index in [1.807, 2.05) is 20.8 Å². The fourth-order valence-corrected chi connectivity index (χ4v) is 0.902. The standard InChI is InChI=1S/C10H19NO3/c1-7(5-8(12)13)6-11-9(14)10(2,3)4/h7H,5-6H2,1-4H3,(H,11,14)(H,12,13). The Bertz CT molecular complexity index is 218. The number of carboxylic acids is 1. The lowest BCUT2D eigenvalue weighted by Crippen LogP contribution is -2.37. The number of nitrogens with one attached hydrogen (secondary N) is 1. The molecule has 0 saturated carbocycles. The number of hydrogen-bond donors (Lipinski definition) is 2. The zero-order chi connectivity index (χ0) is 11.4. The minimum atomic E-state index is -0.831. The molecule has 0 fully saturated rings. The summed E-state index contributed by atoms with van der Waals surface area (Å²) in [4.78, 5) is 21.7. The lowest BCUT2D eigenvalue weighted by atomic mass is 9.95. The molecule has 0 aromatic heterocycles. The van der Waals surface area contributed by atoms with Crippen LogP contribution in [0, 0.1) is 11.3 Å². The number of carbonyl (C=O) groups excluding carboxylic acids is 1. The van der Waals surface area contributed by atoms with Gasteiger partial charge < -0.3 is 10.4 Å². The maximum Gasteiger partial charge on any atom is 0.303 e. The second-order valence-electron chi connectivity index (χ2n) is 4.66. The molecule has 0 aliphatic carbocycles. The molecule has 82 valence electrons. The van der Waals surface area contributed by atoms with E-state index >= 15 is 0 Å². The van der Waals surface area contributed by atoms with Crippen LogP contribution in [-0.2, 0) is 9.59 Å². The highest BCUT2D eigenvalue weighted by molar-refractivity contribution is 5.81. The summed E-state index contributed by atoms with van der Waals surface area (Å²) < 4.78 is 0. The van der Waals surface area contributed by atoms with Crippen LogP contribution in [0.5, 0.6) is 0 Å². The van der Waals surface area contributed by atoms with Crippen molar-refractivity contribution in [3.05, 3.63) is 0 Å².